The van der Waals surface area contributed by atoms with E-state index < -0.39 is 0 Å². The third-order valence-corrected chi connectivity index (χ3v) is 6.06. The van der Waals surface area contributed by atoms with E-state index in [1.807, 2.05) is 13.8 Å². The summed E-state index contributed by atoms with van der Waals surface area (Å²) in [5.41, 5.74) is 2.42. The third-order valence-electron chi connectivity index (χ3n) is 4.88. The van der Waals surface area contributed by atoms with Gasteiger partial charge in [-0.3, -0.25) is 9.59 Å². The average Bonchev–Trinajstić information content (AvgIpc) is 3.50. The lowest BCUT2D eigenvalue weighted by Gasteiger charge is -2.08. The van der Waals surface area contributed by atoms with Crippen LogP contribution < -0.4 is 15.4 Å². The molecule has 0 bridgehead atoms. The predicted molar refractivity (Wildman–Crippen MR) is 113 cm³/mol. The Hall–Kier alpha value is -3.00. The minimum absolute atomic E-state index is 0.0788. The van der Waals surface area contributed by atoms with E-state index >= 15 is 0 Å². The number of benzene rings is 1. The Kier molecular flexibility index (Phi) is 5.19. The number of carbonyl (C=O) groups is 2. The molecule has 1 saturated carbocycles. The van der Waals surface area contributed by atoms with Gasteiger partial charge in [0.2, 0.25) is 0 Å². The van der Waals surface area contributed by atoms with Crippen LogP contribution >= 0.6 is 11.3 Å². The van der Waals surface area contributed by atoms with Gasteiger partial charge in [-0.1, -0.05) is 6.07 Å². The second-order valence-corrected chi connectivity index (χ2v) is 8.12. The van der Waals surface area contributed by atoms with Crippen molar-refractivity contribution in [1.82, 2.24) is 15.3 Å². The number of fused-ring (bicyclic) bond motifs is 1. The van der Waals surface area contributed by atoms with Crippen LogP contribution in [0.3, 0.4) is 0 Å². The molecule has 29 heavy (non-hydrogen) atoms. The molecular formula is C21H22N4O3S. The van der Waals surface area contributed by atoms with E-state index in [1.54, 1.807) is 31.3 Å². The molecule has 1 aliphatic carbocycles. The summed E-state index contributed by atoms with van der Waals surface area (Å²) in [5, 5.41) is 6.38. The van der Waals surface area contributed by atoms with E-state index in [-0.39, 0.29) is 18.4 Å². The second-order valence-electron chi connectivity index (χ2n) is 7.12. The first-order valence-electron chi connectivity index (χ1n) is 9.48. The number of aromatic nitrogens is 2. The third kappa shape index (κ3) is 4.07. The molecule has 8 heteroatoms. The van der Waals surface area contributed by atoms with Gasteiger partial charge in [0.25, 0.3) is 11.8 Å². The zero-order chi connectivity index (χ0) is 20.5. The fourth-order valence-electron chi connectivity index (χ4n) is 3.17. The molecule has 2 aromatic heterocycles. The Bertz CT molecular complexity index is 1100. The normalized spacial score (nSPS) is 13.3. The zero-order valence-corrected chi connectivity index (χ0v) is 17.4. The van der Waals surface area contributed by atoms with Crippen LogP contribution in [-0.4, -0.2) is 35.4 Å². The monoisotopic (exact) mass is 410 g/mol. The molecule has 0 spiro atoms. The molecule has 7 nitrogen and oxygen atoms in total. The molecule has 0 unspecified atom stereocenters. The van der Waals surface area contributed by atoms with Crippen LogP contribution in [0.25, 0.3) is 10.2 Å². The fraction of sp³-hybridized carbons (Fsp3) is 0.333. The van der Waals surface area contributed by atoms with Crippen molar-refractivity contribution in [2.75, 3.05) is 19.0 Å². The highest BCUT2D eigenvalue weighted by atomic mass is 32.1. The highest BCUT2D eigenvalue weighted by Crippen LogP contribution is 2.40. The van der Waals surface area contributed by atoms with Crippen molar-refractivity contribution in [3.8, 4) is 5.75 Å². The summed E-state index contributed by atoms with van der Waals surface area (Å²) in [6.07, 6.45) is 2.28. The number of hydrogen-bond acceptors (Lipinski definition) is 6. The molecular weight excluding hydrogens is 388 g/mol. The van der Waals surface area contributed by atoms with Gasteiger partial charge < -0.3 is 15.4 Å². The van der Waals surface area contributed by atoms with E-state index in [0.717, 1.165) is 40.1 Å². The molecule has 3 aromatic rings. The molecule has 1 aliphatic rings. The molecule has 4 rings (SSSR count). The first kappa shape index (κ1) is 19.3. The Balaban J connectivity index is 1.55. The Labute approximate surface area is 172 Å². The van der Waals surface area contributed by atoms with Gasteiger partial charge in [-0.15, -0.1) is 11.3 Å². The summed E-state index contributed by atoms with van der Waals surface area (Å²) in [4.78, 5) is 35.1. The van der Waals surface area contributed by atoms with Crippen LogP contribution in [0.15, 0.2) is 24.3 Å². The Morgan fingerprint density at radius 1 is 1.24 bits per heavy atom. The van der Waals surface area contributed by atoms with Gasteiger partial charge in [-0.25, -0.2) is 9.97 Å². The molecule has 0 saturated heterocycles. The quantitative estimate of drug-likeness (QED) is 0.648. The number of amides is 2. The lowest BCUT2D eigenvalue weighted by molar-refractivity contribution is -0.122. The lowest BCUT2D eigenvalue weighted by Crippen LogP contribution is -2.24. The number of nitrogens with zero attached hydrogens (tertiary/aromatic N) is 2. The largest absolute Gasteiger partial charge is 0.484 e. The van der Waals surface area contributed by atoms with Crippen LogP contribution in [0.1, 0.15) is 45.5 Å². The van der Waals surface area contributed by atoms with Gasteiger partial charge in [-0.05, 0) is 44.4 Å². The topological polar surface area (TPSA) is 93.2 Å². The van der Waals surface area contributed by atoms with Crippen molar-refractivity contribution in [2.45, 2.75) is 32.6 Å². The van der Waals surface area contributed by atoms with Crippen molar-refractivity contribution >= 4 is 39.1 Å². The van der Waals surface area contributed by atoms with Crippen LogP contribution in [-0.2, 0) is 4.79 Å². The number of aryl methyl sites for hydroxylation is 2. The number of likely N-dealkylation sites (N-methyl/N-ethyl adjacent to an activating group) is 1. The van der Waals surface area contributed by atoms with Gasteiger partial charge in [0.05, 0.1) is 10.6 Å². The van der Waals surface area contributed by atoms with Gasteiger partial charge in [0, 0.05) is 30.1 Å². The summed E-state index contributed by atoms with van der Waals surface area (Å²) >= 11 is 1.40. The van der Waals surface area contributed by atoms with Crippen molar-refractivity contribution in [1.29, 1.82) is 0 Å². The van der Waals surface area contributed by atoms with Gasteiger partial charge >= 0.3 is 0 Å². The fourth-order valence-corrected chi connectivity index (χ4v) is 4.31. The number of hydrogen-bond donors (Lipinski definition) is 2. The lowest BCUT2D eigenvalue weighted by atomic mass is 10.1. The number of rotatable bonds is 6. The minimum atomic E-state index is -0.220. The molecule has 1 fully saturated rings. The maximum absolute atomic E-state index is 12.9. The van der Waals surface area contributed by atoms with Crippen molar-refractivity contribution < 1.29 is 14.3 Å². The molecule has 0 atom stereocenters. The zero-order valence-electron chi connectivity index (χ0n) is 16.5. The number of ether oxygens (including phenoxy) is 1. The van der Waals surface area contributed by atoms with Crippen LogP contribution in [0.4, 0.5) is 5.69 Å². The van der Waals surface area contributed by atoms with Crippen LogP contribution in [0.5, 0.6) is 5.75 Å². The second kappa shape index (κ2) is 7.79. The molecule has 2 amide bonds. The minimum Gasteiger partial charge on any atom is -0.484 e. The molecule has 2 heterocycles. The summed E-state index contributed by atoms with van der Waals surface area (Å²) in [5.74, 6) is 1.46. The van der Waals surface area contributed by atoms with Gasteiger partial charge in [0.15, 0.2) is 6.61 Å². The Morgan fingerprint density at radius 3 is 2.76 bits per heavy atom. The SMILES string of the molecule is CNC(=O)COc1cccc(NC(=O)c2sc3nc(C4CC4)nc(C)c3c2C)c1. The number of carbonyl (C=O) groups excluding carboxylic acids is 2. The molecule has 0 aliphatic heterocycles. The van der Waals surface area contributed by atoms with Crippen molar-refractivity contribution in [2.24, 2.45) is 0 Å². The molecule has 2 N–H and O–H groups in total. The number of nitrogens with one attached hydrogen (secondary N) is 2. The molecule has 1 aromatic carbocycles. The first-order valence-corrected chi connectivity index (χ1v) is 10.3. The van der Waals surface area contributed by atoms with E-state index in [0.29, 0.717) is 22.2 Å². The first-order chi connectivity index (χ1) is 14.0. The smallest absolute Gasteiger partial charge is 0.266 e. The summed E-state index contributed by atoms with van der Waals surface area (Å²) in [7, 11) is 1.55. The average molecular weight is 410 g/mol. The molecule has 0 radical (unpaired) electrons. The van der Waals surface area contributed by atoms with Gasteiger partial charge in [0.1, 0.15) is 16.4 Å². The number of anilines is 1. The summed E-state index contributed by atoms with van der Waals surface area (Å²) < 4.78 is 5.44. The van der Waals surface area contributed by atoms with E-state index in [1.165, 1.54) is 11.3 Å². The van der Waals surface area contributed by atoms with Crippen LogP contribution in [0, 0.1) is 13.8 Å². The van der Waals surface area contributed by atoms with Gasteiger partial charge in [-0.2, -0.15) is 0 Å². The summed E-state index contributed by atoms with van der Waals surface area (Å²) in [6, 6.07) is 6.98. The summed E-state index contributed by atoms with van der Waals surface area (Å²) in [6.45, 7) is 3.83. The maximum atomic E-state index is 12.9. The van der Waals surface area contributed by atoms with E-state index in [9.17, 15) is 9.59 Å². The number of thiophene rings is 1. The Morgan fingerprint density at radius 2 is 2.03 bits per heavy atom. The predicted octanol–water partition coefficient (Wildman–Crippen LogP) is 3.56. The van der Waals surface area contributed by atoms with Crippen molar-refractivity contribution in [3.05, 3.63) is 46.2 Å². The van der Waals surface area contributed by atoms with E-state index in [4.69, 9.17) is 9.72 Å². The van der Waals surface area contributed by atoms with Crippen molar-refractivity contribution in [3.63, 3.8) is 0 Å². The maximum Gasteiger partial charge on any atom is 0.266 e. The van der Waals surface area contributed by atoms with Crippen LogP contribution in [0.2, 0.25) is 0 Å². The van der Waals surface area contributed by atoms with E-state index in [2.05, 4.69) is 15.6 Å². The molecule has 150 valence electrons. The highest BCUT2D eigenvalue weighted by Gasteiger charge is 2.28. The highest BCUT2D eigenvalue weighted by molar-refractivity contribution is 7.20. The standard InChI is InChI=1S/C21H22N4O3S/c1-11-17-12(2)23-19(13-7-8-13)25-21(17)29-18(11)20(27)24-14-5-4-6-15(9-14)28-10-16(26)22-3/h4-6,9,13H,7-8,10H2,1-3H3,(H,22,26)(H,24,27).